The van der Waals surface area contributed by atoms with Crippen LogP contribution >= 0.6 is 0 Å². The number of imidazole rings is 1. The van der Waals surface area contributed by atoms with Crippen LogP contribution in [0.4, 0.5) is 5.82 Å². The van der Waals surface area contributed by atoms with Crippen molar-refractivity contribution in [3.8, 4) is 0 Å². The van der Waals surface area contributed by atoms with Crippen molar-refractivity contribution in [2.75, 3.05) is 18.6 Å². The quantitative estimate of drug-likeness (QED) is 0.418. The highest BCUT2D eigenvalue weighted by Crippen LogP contribution is 2.28. The smallest absolute Gasteiger partial charge is 0.182 e. The lowest BCUT2D eigenvalue weighted by molar-refractivity contribution is -0.249. The van der Waals surface area contributed by atoms with Gasteiger partial charge in [0.1, 0.15) is 36.2 Å². The van der Waals surface area contributed by atoms with Gasteiger partial charge in [-0.1, -0.05) is 0 Å². The third kappa shape index (κ3) is 2.30. The number of aromatic amines is 1. The third-order valence-corrected chi connectivity index (χ3v) is 3.85. The van der Waals surface area contributed by atoms with E-state index in [0.29, 0.717) is 17.0 Å². The van der Waals surface area contributed by atoms with Gasteiger partial charge in [0.25, 0.3) is 0 Å². The lowest BCUT2D eigenvalue weighted by Gasteiger charge is -2.44. The molecular weight excluding hydrogens is 294 g/mol. The molecule has 0 radical (unpaired) electrons. The predicted octanol–water partition coefficient (Wildman–Crippen LogP) is -2.41. The molecule has 2 aromatic rings. The molecule has 0 aliphatic carbocycles. The standard InChI is InChI=1S/C12H17N5O5/c1-17(11-6-10(14-3-13-6)15-4-16-11)7-9(20)8(19)5(2-18)22-12(7)21/h3-5,7-9,12,18-21H,2H2,1H3,(H,13,14,15,16)/t5-,7-,8-,9-,12?/m1/s1. The van der Waals surface area contributed by atoms with Crippen LogP contribution in [0.2, 0.25) is 0 Å². The Morgan fingerprint density at radius 2 is 2.00 bits per heavy atom. The molecule has 0 bridgehead atoms. The monoisotopic (exact) mass is 311 g/mol. The van der Waals surface area contributed by atoms with Crippen molar-refractivity contribution >= 4 is 17.0 Å². The summed E-state index contributed by atoms with van der Waals surface area (Å²) in [4.78, 5) is 16.5. The summed E-state index contributed by atoms with van der Waals surface area (Å²) in [7, 11) is 1.59. The Balaban J connectivity index is 1.94. The summed E-state index contributed by atoms with van der Waals surface area (Å²) in [6.07, 6.45) is -2.36. The Morgan fingerprint density at radius 3 is 2.73 bits per heavy atom. The molecule has 10 heteroatoms. The topological polar surface area (TPSA) is 148 Å². The molecular formula is C12H17N5O5. The Hall–Kier alpha value is -1.85. The van der Waals surface area contributed by atoms with E-state index < -0.39 is 37.3 Å². The number of aliphatic hydroxyl groups is 4. The van der Waals surface area contributed by atoms with Crippen molar-refractivity contribution in [3.05, 3.63) is 12.7 Å². The number of nitrogens with zero attached hydrogens (tertiary/aromatic N) is 4. The van der Waals surface area contributed by atoms with Gasteiger partial charge >= 0.3 is 0 Å². The highest BCUT2D eigenvalue weighted by atomic mass is 16.6. The number of fused-ring (bicyclic) bond motifs is 1. The summed E-state index contributed by atoms with van der Waals surface area (Å²) in [5.41, 5.74) is 0.967. The Kier molecular flexibility index (Phi) is 3.93. The van der Waals surface area contributed by atoms with E-state index in [2.05, 4.69) is 19.9 Å². The van der Waals surface area contributed by atoms with Crippen LogP contribution in [0, 0.1) is 0 Å². The average molecular weight is 311 g/mol. The highest BCUT2D eigenvalue weighted by molar-refractivity contribution is 5.82. The fourth-order valence-corrected chi connectivity index (χ4v) is 2.66. The predicted molar refractivity (Wildman–Crippen MR) is 73.9 cm³/mol. The van der Waals surface area contributed by atoms with E-state index in [9.17, 15) is 15.3 Å². The van der Waals surface area contributed by atoms with E-state index in [1.54, 1.807) is 7.05 Å². The minimum absolute atomic E-state index is 0.392. The van der Waals surface area contributed by atoms with Gasteiger partial charge in [-0.05, 0) is 0 Å². The van der Waals surface area contributed by atoms with Crippen LogP contribution in [-0.4, -0.2) is 84.7 Å². The summed E-state index contributed by atoms with van der Waals surface area (Å²) >= 11 is 0. The molecule has 5 atom stereocenters. The van der Waals surface area contributed by atoms with Crippen LogP contribution in [0.5, 0.6) is 0 Å². The first-order valence-corrected chi connectivity index (χ1v) is 6.72. The van der Waals surface area contributed by atoms with E-state index in [4.69, 9.17) is 9.84 Å². The first-order valence-electron chi connectivity index (χ1n) is 6.72. The number of ether oxygens (including phenoxy) is 1. The summed E-state index contributed by atoms with van der Waals surface area (Å²) in [5, 5.41) is 39.4. The average Bonchev–Trinajstić information content (AvgIpc) is 2.99. The van der Waals surface area contributed by atoms with Crippen LogP contribution in [0.3, 0.4) is 0 Å². The minimum Gasteiger partial charge on any atom is -0.394 e. The normalized spacial score (nSPS) is 32.3. The molecule has 120 valence electrons. The lowest BCUT2D eigenvalue weighted by Crippen LogP contribution is -2.63. The first-order chi connectivity index (χ1) is 10.5. The zero-order valence-electron chi connectivity index (χ0n) is 11.7. The van der Waals surface area contributed by atoms with Gasteiger partial charge in [-0.2, -0.15) is 0 Å². The van der Waals surface area contributed by atoms with Gasteiger partial charge in [0.05, 0.1) is 12.9 Å². The molecule has 1 aliphatic rings. The van der Waals surface area contributed by atoms with Crippen LogP contribution in [-0.2, 0) is 4.74 Å². The summed E-state index contributed by atoms with van der Waals surface area (Å²) in [5.74, 6) is 0.392. The number of aromatic nitrogens is 4. The van der Waals surface area contributed by atoms with Crippen molar-refractivity contribution in [3.63, 3.8) is 0 Å². The number of anilines is 1. The summed E-state index contributed by atoms with van der Waals surface area (Å²) in [6, 6.07) is -0.973. The van der Waals surface area contributed by atoms with Gasteiger partial charge in [0.15, 0.2) is 17.8 Å². The Labute approximate surface area is 125 Å². The van der Waals surface area contributed by atoms with Gasteiger partial charge in [-0.3, -0.25) is 0 Å². The van der Waals surface area contributed by atoms with E-state index in [1.807, 2.05) is 0 Å². The highest BCUT2D eigenvalue weighted by Gasteiger charge is 2.46. The molecule has 1 fully saturated rings. The summed E-state index contributed by atoms with van der Waals surface area (Å²) in [6.45, 7) is -0.510. The molecule has 10 nitrogen and oxygen atoms in total. The van der Waals surface area contributed by atoms with Gasteiger partial charge < -0.3 is 35.0 Å². The molecule has 3 heterocycles. The van der Waals surface area contributed by atoms with E-state index >= 15 is 0 Å². The summed E-state index contributed by atoms with van der Waals surface area (Å²) < 4.78 is 5.15. The maximum absolute atomic E-state index is 10.3. The number of rotatable bonds is 3. The molecule has 0 amide bonds. The lowest BCUT2D eigenvalue weighted by atomic mass is 9.96. The number of hydrogen-bond donors (Lipinski definition) is 5. The first kappa shape index (κ1) is 15.1. The zero-order chi connectivity index (χ0) is 15.9. The Morgan fingerprint density at radius 1 is 1.23 bits per heavy atom. The number of nitrogens with one attached hydrogen (secondary N) is 1. The third-order valence-electron chi connectivity index (χ3n) is 3.85. The van der Waals surface area contributed by atoms with E-state index in [-0.39, 0.29) is 0 Å². The van der Waals surface area contributed by atoms with Crippen LogP contribution in [0.1, 0.15) is 0 Å². The maximum Gasteiger partial charge on any atom is 0.182 e. The molecule has 2 aromatic heterocycles. The largest absolute Gasteiger partial charge is 0.394 e. The SMILES string of the molecule is CN(c1ncnc2nc[nH]c12)[C@H]1C(O)O[C@H](CO)[C@@H](O)[C@@H]1O. The van der Waals surface area contributed by atoms with Gasteiger partial charge in [0, 0.05) is 7.05 Å². The zero-order valence-corrected chi connectivity index (χ0v) is 11.7. The number of aliphatic hydroxyl groups excluding tert-OH is 4. The molecule has 0 saturated carbocycles. The fourth-order valence-electron chi connectivity index (χ4n) is 2.66. The van der Waals surface area contributed by atoms with Gasteiger partial charge in [0.2, 0.25) is 0 Å². The maximum atomic E-state index is 10.3. The van der Waals surface area contributed by atoms with Crippen molar-refractivity contribution < 1.29 is 25.2 Å². The van der Waals surface area contributed by atoms with E-state index in [1.165, 1.54) is 17.6 Å². The van der Waals surface area contributed by atoms with Crippen molar-refractivity contribution in [2.45, 2.75) is 30.6 Å². The fraction of sp³-hybridized carbons (Fsp3) is 0.583. The molecule has 5 N–H and O–H groups in total. The number of H-pyrrole nitrogens is 1. The van der Waals surface area contributed by atoms with Crippen molar-refractivity contribution in [1.82, 2.24) is 19.9 Å². The molecule has 0 spiro atoms. The van der Waals surface area contributed by atoms with Crippen molar-refractivity contribution in [1.29, 1.82) is 0 Å². The van der Waals surface area contributed by atoms with Crippen LogP contribution < -0.4 is 4.90 Å². The van der Waals surface area contributed by atoms with Gasteiger partial charge in [-0.25, -0.2) is 15.0 Å². The molecule has 0 aromatic carbocycles. The van der Waals surface area contributed by atoms with Crippen LogP contribution in [0.15, 0.2) is 12.7 Å². The van der Waals surface area contributed by atoms with Gasteiger partial charge in [-0.15, -0.1) is 0 Å². The number of hydrogen-bond acceptors (Lipinski definition) is 9. The molecule has 3 rings (SSSR count). The van der Waals surface area contributed by atoms with E-state index in [0.717, 1.165) is 0 Å². The number of likely N-dealkylation sites (N-methyl/N-ethyl adjacent to an activating group) is 1. The second kappa shape index (κ2) is 5.74. The molecule has 1 aliphatic heterocycles. The second-order valence-electron chi connectivity index (χ2n) is 5.13. The Bertz CT molecular complexity index is 652. The molecule has 1 saturated heterocycles. The minimum atomic E-state index is -1.41. The van der Waals surface area contributed by atoms with Crippen LogP contribution in [0.25, 0.3) is 11.2 Å². The second-order valence-corrected chi connectivity index (χ2v) is 5.13. The van der Waals surface area contributed by atoms with Crippen molar-refractivity contribution in [2.24, 2.45) is 0 Å². The molecule has 22 heavy (non-hydrogen) atoms. The molecule has 1 unspecified atom stereocenters.